The van der Waals surface area contributed by atoms with Crippen molar-refractivity contribution in [2.24, 2.45) is 5.84 Å². The molecule has 1 aliphatic rings. The number of nitrogens with two attached hydrogens (primary N) is 1. The number of amides is 2. The maximum Gasteiger partial charge on any atom is 0.306 e. The van der Waals surface area contributed by atoms with Crippen LogP contribution in [0.5, 0.6) is 0 Å². The van der Waals surface area contributed by atoms with E-state index in [1.165, 1.54) is 18.2 Å². The predicted molar refractivity (Wildman–Crippen MR) is 74.4 cm³/mol. The summed E-state index contributed by atoms with van der Waals surface area (Å²) >= 11 is 0. The lowest BCUT2D eigenvalue weighted by atomic mass is 10.1. The molecule has 1 aromatic rings. The Bertz CT molecular complexity index is 579. The van der Waals surface area contributed by atoms with Gasteiger partial charge >= 0.3 is 5.69 Å². The van der Waals surface area contributed by atoms with E-state index in [4.69, 9.17) is 5.84 Å². The Kier molecular flexibility index (Phi) is 4.33. The van der Waals surface area contributed by atoms with Gasteiger partial charge in [-0.1, -0.05) is 6.07 Å². The second kappa shape index (κ2) is 6.18. The molecule has 1 fully saturated rings. The third-order valence-corrected chi connectivity index (χ3v) is 3.22. The lowest BCUT2D eigenvalue weighted by molar-refractivity contribution is -0.384. The molecule has 2 rings (SSSR count). The molecule has 1 saturated heterocycles. The van der Waals surface area contributed by atoms with E-state index < -0.39 is 10.8 Å². The number of hydrogen-bond donors (Lipinski definition) is 4. The Balaban J connectivity index is 2.19. The smallest absolute Gasteiger partial charge is 0.306 e. The number of nitrogens with zero attached hydrogens (tertiary/aromatic N) is 1. The fourth-order valence-electron chi connectivity index (χ4n) is 2.16. The summed E-state index contributed by atoms with van der Waals surface area (Å²) in [6.07, 6.45) is 0.817. The summed E-state index contributed by atoms with van der Waals surface area (Å²) < 4.78 is 0. The first-order valence-corrected chi connectivity index (χ1v) is 6.34. The van der Waals surface area contributed by atoms with Crippen molar-refractivity contribution in [3.8, 4) is 0 Å². The lowest BCUT2D eigenvalue weighted by Crippen LogP contribution is -2.47. The van der Waals surface area contributed by atoms with Crippen molar-refractivity contribution >= 4 is 23.2 Å². The van der Waals surface area contributed by atoms with Gasteiger partial charge in [-0.05, 0) is 18.6 Å². The van der Waals surface area contributed by atoms with Crippen LogP contribution in [0.25, 0.3) is 0 Å². The molecule has 1 heterocycles. The first-order valence-electron chi connectivity index (χ1n) is 6.34. The minimum Gasteiger partial charge on any atom is -0.354 e. The molecule has 0 radical (unpaired) electrons. The lowest BCUT2D eigenvalue weighted by Gasteiger charge is -2.23. The molecular weight excluding hydrogens is 278 g/mol. The van der Waals surface area contributed by atoms with E-state index in [1.807, 2.05) is 0 Å². The fraction of sp³-hybridized carbons (Fsp3) is 0.333. The highest BCUT2D eigenvalue weighted by atomic mass is 16.6. The number of carbonyl (C=O) groups excluding carboxylic acids is 2. The monoisotopic (exact) mass is 293 g/mol. The Morgan fingerprint density at radius 1 is 1.48 bits per heavy atom. The van der Waals surface area contributed by atoms with E-state index in [9.17, 15) is 19.7 Å². The van der Waals surface area contributed by atoms with Crippen molar-refractivity contribution in [2.45, 2.75) is 18.9 Å². The zero-order valence-electron chi connectivity index (χ0n) is 11.1. The molecule has 5 N–H and O–H groups in total. The number of rotatable bonds is 4. The highest BCUT2D eigenvalue weighted by molar-refractivity contribution is 6.00. The van der Waals surface area contributed by atoms with Crippen molar-refractivity contribution in [1.29, 1.82) is 0 Å². The summed E-state index contributed by atoms with van der Waals surface area (Å²) in [5.74, 6) is 4.59. The first-order chi connectivity index (χ1) is 10.0. The van der Waals surface area contributed by atoms with Gasteiger partial charge in [0.1, 0.15) is 11.3 Å². The zero-order valence-corrected chi connectivity index (χ0v) is 11.1. The average Bonchev–Trinajstić information content (AvgIpc) is 2.48. The summed E-state index contributed by atoms with van der Waals surface area (Å²) in [7, 11) is 0. The molecule has 1 aliphatic heterocycles. The maximum atomic E-state index is 12.2. The minimum atomic E-state index is -0.660. The molecule has 1 atom stereocenters. The van der Waals surface area contributed by atoms with Crippen molar-refractivity contribution in [3.05, 3.63) is 33.9 Å². The molecule has 0 bridgehead atoms. The number of piperidine rings is 1. The number of hydrogen-bond acceptors (Lipinski definition) is 6. The van der Waals surface area contributed by atoms with Gasteiger partial charge in [-0.25, -0.2) is 0 Å². The van der Waals surface area contributed by atoms with E-state index in [2.05, 4.69) is 16.1 Å². The maximum absolute atomic E-state index is 12.2. The zero-order chi connectivity index (χ0) is 15.4. The van der Waals surface area contributed by atoms with Crippen LogP contribution in [0, 0.1) is 10.1 Å². The number of hydrazine groups is 1. The normalized spacial score (nSPS) is 17.8. The van der Waals surface area contributed by atoms with Crippen LogP contribution in [0.3, 0.4) is 0 Å². The third kappa shape index (κ3) is 3.26. The largest absolute Gasteiger partial charge is 0.354 e. The van der Waals surface area contributed by atoms with Crippen LogP contribution >= 0.6 is 0 Å². The van der Waals surface area contributed by atoms with Gasteiger partial charge in [0.25, 0.3) is 5.91 Å². The molecule has 0 aromatic heterocycles. The van der Waals surface area contributed by atoms with Gasteiger partial charge in [0.05, 0.1) is 4.92 Å². The second-order valence-electron chi connectivity index (χ2n) is 4.62. The summed E-state index contributed by atoms with van der Waals surface area (Å²) in [5, 5.41) is 16.4. The molecule has 0 aliphatic carbocycles. The van der Waals surface area contributed by atoms with Crippen LogP contribution in [-0.2, 0) is 4.79 Å². The molecule has 1 aromatic carbocycles. The quantitative estimate of drug-likeness (QED) is 0.347. The van der Waals surface area contributed by atoms with Gasteiger partial charge in [0.15, 0.2) is 0 Å². The number of nitrogens with one attached hydrogen (secondary N) is 3. The highest BCUT2D eigenvalue weighted by Crippen LogP contribution is 2.27. The average molecular weight is 293 g/mol. The van der Waals surface area contributed by atoms with Crippen molar-refractivity contribution in [2.75, 3.05) is 12.0 Å². The number of nitro groups is 1. The van der Waals surface area contributed by atoms with Crippen LogP contribution in [0.1, 0.15) is 23.2 Å². The van der Waals surface area contributed by atoms with E-state index in [-0.39, 0.29) is 28.9 Å². The fourth-order valence-corrected chi connectivity index (χ4v) is 2.16. The minimum absolute atomic E-state index is 0.0598. The molecule has 2 amide bonds. The van der Waals surface area contributed by atoms with Gasteiger partial charge in [-0.3, -0.25) is 25.5 Å². The van der Waals surface area contributed by atoms with Crippen molar-refractivity contribution in [1.82, 2.24) is 10.6 Å². The van der Waals surface area contributed by atoms with Gasteiger partial charge < -0.3 is 16.1 Å². The van der Waals surface area contributed by atoms with Crippen molar-refractivity contribution < 1.29 is 14.5 Å². The predicted octanol–water partition coefficient (Wildman–Crippen LogP) is -0.111. The van der Waals surface area contributed by atoms with E-state index >= 15 is 0 Å². The van der Waals surface area contributed by atoms with Gasteiger partial charge in [-0.2, -0.15) is 0 Å². The number of nitro benzene ring substituents is 1. The molecular formula is C12H15N5O4. The molecule has 0 spiro atoms. The SMILES string of the molecule is NNc1cccc(C(=O)NC2CCC(=O)NC2)c1[N+](=O)[O-]. The summed E-state index contributed by atoms with van der Waals surface area (Å²) in [4.78, 5) is 33.7. The van der Waals surface area contributed by atoms with E-state index in [0.29, 0.717) is 19.4 Å². The molecule has 112 valence electrons. The standard InChI is InChI=1S/C12H15N5O4/c13-16-9-3-1-2-8(11(9)17(20)21)12(19)15-7-4-5-10(18)14-6-7/h1-3,7,16H,4-6,13H2,(H,14,18)(H,15,19). The van der Waals surface area contributed by atoms with Crippen LogP contribution < -0.4 is 21.9 Å². The summed E-state index contributed by atoms with van der Waals surface area (Å²) in [5.41, 5.74) is 1.81. The summed E-state index contributed by atoms with van der Waals surface area (Å²) in [6, 6.07) is 4.02. The van der Waals surface area contributed by atoms with Gasteiger partial charge in [0, 0.05) is 19.0 Å². The topological polar surface area (TPSA) is 139 Å². The summed E-state index contributed by atoms with van der Waals surface area (Å²) in [6.45, 7) is 0.313. The van der Waals surface area contributed by atoms with Gasteiger partial charge in [0.2, 0.25) is 5.91 Å². The van der Waals surface area contributed by atoms with Crippen LogP contribution in [0.15, 0.2) is 18.2 Å². The number of carbonyl (C=O) groups is 2. The van der Waals surface area contributed by atoms with Crippen LogP contribution in [-0.4, -0.2) is 29.3 Å². The second-order valence-corrected chi connectivity index (χ2v) is 4.62. The Labute approximate surface area is 120 Å². The number of nitrogen functional groups attached to an aromatic ring is 1. The Morgan fingerprint density at radius 3 is 2.81 bits per heavy atom. The molecule has 0 saturated carbocycles. The highest BCUT2D eigenvalue weighted by Gasteiger charge is 2.27. The molecule has 21 heavy (non-hydrogen) atoms. The van der Waals surface area contributed by atoms with Gasteiger partial charge in [-0.15, -0.1) is 0 Å². The number of para-hydroxylation sites is 1. The molecule has 9 nitrogen and oxygen atoms in total. The Hall–Kier alpha value is -2.68. The third-order valence-electron chi connectivity index (χ3n) is 3.22. The Morgan fingerprint density at radius 2 is 2.24 bits per heavy atom. The van der Waals surface area contributed by atoms with Crippen LogP contribution in [0.4, 0.5) is 11.4 Å². The number of benzene rings is 1. The van der Waals surface area contributed by atoms with E-state index in [1.54, 1.807) is 0 Å². The number of anilines is 1. The molecule has 1 unspecified atom stereocenters. The van der Waals surface area contributed by atoms with Crippen LogP contribution in [0.2, 0.25) is 0 Å². The first kappa shape index (κ1) is 14.7. The van der Waals surface area contributed by atoms with Crippen molar-refractivity contribution in [3.63, 3.8) is 0 Å². The molecule has 9 heteroatoms. The van der Waals surface area contributed by atoms with E-state index in [0.717, 1.165) is 0 Å².